The molecule has 0 aliphatic carbocycles. The van der Waals surface area contributed by atoms with E-state index in [-0.39, 0.29) is 12.6 Å². The smallest absolute Gasteiger partial charge is 0.137 e. The molecule has 0 bridgehead atoms. The van der Waals surface area contributed by atoms with Crippen molar-refractivity contribution in [3.8, 4) is 0 Å². The van der Waals surface area contributed by atoms with E-state index in [1.807, 2.05) is 0 Å². The van der Waals surface area contributed by atoms with Crippen molar-refractivity contribution in [2.45, 2.75) is 37.6 Å². The lowest BCUT2D eigenvalue weighted by Gasteiger charge is -2.25. The van der Waals surface area contributed by atoms with Gasteiger partial charge in [-0.25, -0.2) is 0 Å². The van der Waals surface area contributed by atoms with Gasteiger partial charge in [0.1, 0.15) is 11.6 Å². The number of fused-ring (bicyclic) bond motifs is 1. The molecule has 0 saturated carbocycles. The Morgan fingerprint density at radius 1 is 1.38 bits per heavy atom. The van der Waals surface area contributed by atoms with E-state index < -0.39 is 0 Å². The van der Waals surface area contributed by atoms with Crippen molar-refractivity contribution in [3.05, 3.63) is 11.6 Å². The summed E-state index contributed by atoms with van der Waals surface area (Å²) in [5.41, 5.74) is 0. The second-order valence-corrected chi connectivity index (χ2v) is 4.76. The lowest BCUT2D eigenvalue weighted by atomic mass is 10.0. The largest absolute Gasteiger partial charge is 0.394 e. The Labute approximate surface area is 94.9 Å². The van der Waals surface area contributed by atoms with E-state index in [0.717, 1.165) is 50.4 Å². The molecule has 0 radical (unpaired) electrons. The number of aliphatic hydroxyl groups is 1. The summed E-state index contributed by atoms with van der Waals surface area (Å²) in [4.78, 5) is 0. The molecule has 16 heavy (non-hydrogen) atoms. The molecular weight excluding hydrogens is 204 g/mol. The summed E-state index contributed by atoms with van der Waals surface area (Å²) < 4.78 is 2.20. The number of aliphatic hydroxyl groups excluding tert-OH is 1. The first-order valence-corrected chi connectivity index (χ1v) is 6.15. The summed E-state index contributed by atoms with van der Waals surface area (Å²) in [6.07, 6.45) is 4.31. The molecule has 1 saturated heterocycles. The molecule has 3 rings (SSSR count). The Morgan fingerprint density at radius 2 is 2.31 bits per heavy atom. The second kappa shape index (κ2) is 4.14. The van der Waals surface area contributed by atoms with E-state index in [9.17, 15) is 5.11 Å². The molecule has 0 aromatic carbocycles. The number of rotatable bonds is 2. The number of hydrogen-bond acceptors (Lipinski definition) is 4. The molecule has 2 atom stereocenters. The van der Waals surface area contributed by atoms with Gasteiger partial charge in [0.2, 0.25) is 0 Å². The third kappa shape index (κ3) is 1.55. The van der Waals surface area contributed by atoms with Crippen molar-refractivity contribution in [3.63, 3.8) is 0 Å². The van der Waals surface area contributed by atoms with Crippen LogP contribution in [-0.4, -0.2) is 39.6 Å². The minimum absolute atomic E-state index is 0.203. The van der Waals surface area contributed by atoms with Gasteiger partial charge in [-0.15, -0.1) is 10.2 Å². The van der Waals surface area contributed by atoms with Crippen molar-refractivity contribution >= 4 is 0 Å². The number of nitrogens with zero attached hydrogens (tertiary/aromatic N) is 3. The highest BCUT2D eigenvalue weighted by Gasteiger charge is 2.29. The fourth-order valence-electron chi connectivity index (χ4n) is 2.86. The highest BCUT2D eigenvalue weighted by atomic mass is 16.3. The summed E-state index contributed by atoms with van der Waals surface area (Å²) in [6.45, 7) is 2.27. The lowest BCUT2D eigenvalue weighted by molar-refractivity contribution is 0.202. The van der Waals surface area contributed by atoms with Crippen molar-refractivity contribution in [1.29, 1.82) is 0 Å². The Bertz CT molecular complexity index is 370. The third-order valence-corrected chi connectivity index (χ3v) is 3.73. The Balaban J connectivity index is 1.96. The zero-order valence-electron chi connectivity index (χ0n) is 9.39. The third-order valence-electron chi connectivity index (χ3n) is 3.73. The zero-order chi connectivity index (χ0) is 11.0. The summed E-state index contributed by atoms with van der Waals surface area (Å²) in [5, 5.41) is 21.4. The molecule has 0 spiro atoms. The molecule has 5 heteroatoms. The molecule has 1 aromatic rings. The first-order chi connectivity index (χ1) is 7.90. The predicted molar refractivity (Wildman–Crippen MR) is 59.3 cm³/mol. The molecule has 2 aliphatic rings. The quantitative estimate of drug-likeness (QED) is 0.751. The topological polar surface area (TPSA) is 63.0 Å². The van der Waals surface area contributed by atoms with Crippen LogP contribution in [0, 0.1) is 0 Å². The average Bonchev–Trinajstić information content (AvgIpc) is 2.96. The van der Waals surface area contributed by atoms with Crippen LogP contribution in [0.4, 0.5) is 0 Å². The Hall–Kier alpha value is -0.940. The van der Waals surface area contributed by atoms with Crippen molar-refractivity contribution in [2.75, 3.05) is 19.7 Å². The minimum atomic E-state index is 0.203. The van der Waals surface area contributed by atoms with Gasteiger partial charge in [0.25, 0.3) is 0 Å². The van der Waals surface area contributed by atoms with E-state index in [1.165, 1.54) is 0 Å². The molecule has 88 valence electrons. The van der Waals surface area contributed by atoms with Gasteiger partial charge in [0.05, 0.1) is 12.6 Å². The van der Waals surface area contributed by atoms with E-state index in [0.29, 0.717) is 5.92 Å². The van der Waals surface area contributed by atoms with Gasteiger partial charge in [0, 0.05) is 18.9 Å². The summed E-state index contributed by atoms with van der Waals surface area (Å²) >= 11 is 0. The van der Waals surface area contributed by atoms with Crippen LogP contribution in [0.5, 0.6) is 0 Å². The van der Waals surface area contributed by atoms with Crippen LogP contribution in [0.2, 0.25) is 0 Å². The van der Waals surface area contributed by atoms with Crippen LogP contribution < -0.4 is 5.32 Å². The Kier molecular flexibility index (Phi) is 2.65. The van der Waals surface area contributed by atoms with Gasteiger partial charge >= 0.3 is 0 Å². The molecule has 5 nitrogen and oxygen atoms in total. The van der Waals surface area contributed by atoms with E-state index >= 15 is 0 Å². The maximum absolute atomic E-state index is 9.43. The van der Waals surface area contributed by atoms with Crippen LogP contribution in [0.1, 0.15) is 42.9 Å². The minimum Gasteiger partial charge on any atom is -0.394 e. The number of aryl methyl sites for hydroxylation is 1. The van der Waals surface area contributed by atoms with Crippen LogP contribution >= 0.6 is 0 Å². The highest BCUT2D eigenvalue weighted by Crippen LogP contribution is 2.30. The van der Waals surface area contributed by atoms with Gasteiger partial charge < -0.3 is 15.0 Å². The normalized spacial score (nSPS) is 29.3. The van der Waals surface area contributed by atoms with Crippen LogP contribution in [0.15, 0.2) is 0 Å². The number of aromatic nitrogens is 3. The number of nitrogens with one attached hydrogen (secondary N) is 1. The van der Waals surface area contributed by atoms with E-state index in [4.69, 9.17) is 0 Å². The molecule has 1 aromatic heterocycles. The average molecular weight is 222 g/mol. The molecule has 1 fully saturated rings. The first-order valence-electron chi connectivity index (χ1n) is 6.15. The molecule has 2 N–H and O–H groups in total. The first kappa shape index (κ1) is 10.2. The van der Waals surface area contributed by atoms with Gasteiger partial charge in [-0.3, -0.25) is 0 Å². The Morgan fingerprint density at radius 3 is 3.06 bits per heavy atom. The maximum atomic E-state index is 9.43. The molecule has 0 amide bonds. The van der Waals surface area contributed by atoms with Gasteiger partial charge in [-0.2, -0.15) is 0 Å². The van der Waals surface area contributed by atoms with Gasteiger partial charge in [-0.1, -0.05) is 0 Å². The maximum Gasteiger partial charge on any atom is 0.137 e. The number of hydrogen-bond donors (Lipinski definition) is 2. The van der Waals surface area contributed by atoms with Crippen molar-refractivity contribution in [1.82, 2.24) is 20.1 Å². The standard InChI is InChI=1S/C11H18N4O/c16-7-9-2-1-3-10-13-14-11(15(9)10)8-4-5-12-6-8/h8-9,12,16H,1-7H2. The molecule has 2 aliphatic heterocycles. The predicted octanol–water partition coefficient (Wildman–Crippen LogP) is 0.225. The fraction of sp³-hybridized carbons (Fsp3) is 0.818. The van der Waals surface area contributed by atoms with Crippen molar-refractivity contribution < 1.29 is 5.11 Å². The summed E-state index contributed by atoms with van der Waals surface area (Å²) in [6, 6.07) is 0.203. The molecule has 2 unspecified atom stereocenters. The molecule has 3 heterocycles. The van der Waals surface area contributed by atoms with E-state index in [2.05, 4.69) is 20.1 Å². The van der Waals surface area contributed by atoms with Crippen LogP contribution in [0.25, 0.3) is 0 Å². The summed E-state index contributed by atoms with van der Waals surface area (Å²) in [7, 11) is 0. The van der Waals surface area contributed by atoms with Crippen LogP contribution in [0.3, 0.4) is 0 Å². The summed E-state index contributed by atoms with van der Waals surface area (Å²) in [5.74, 6) is 2.62. The lowest BCUT2D eigenvalue weighted by Crippen LogP contribution is -2.24. The zero-order valence-corrected chi connectivity index (χ0v) is 9.39. The molecular formula is C11H18N4O. The fourth-order valence-corrected chi connectivity index (χ4v) is 2.86. The van der Waals surface area contributed by atoms with Crippen LogP contribution in [-0.2, 0) is 6.42 Å². The SMILES string of the molecule is OCC1CCCc2nnc(C3CCNC3)n21. The van der Waals surface area contributed by atoms with E-state index in [1.54, 1.807) is 0 Å². The van der Waals surface area contributed by atoms with Crippen molar-refractivity contribution in [2.24, 2.45) is 0 Å². The van der Waals surface area contributed by atoms with Gasteiger partial charge in [-0.05, 0) is 25.8 Å². The van der Waals surface area contributed by atoms with Gasteiger partial charge in [0.15, 0.2) is 0 Å². The highest BCUT2D eigenvalue weighted by molar-refractivity contribution is 5.09. The monoisotopic (exact) mass is 222 g/mol. The second-order valence-electron chi connectivity index (χ2n) is 4.76.